The molecule has 0 saturated carbocycles. The molecule has 0 bridgehead atoms. The van der Waals surface area contributed by atoms with Gasteiger partial charge >= 0.3 is 0 Å². The van der Waals surface area contributed by atoms with Gasteiger partial charge < -0.3 is 14.4 Å². The Labute approximate surface area is 242 Å². The molecule has 0 amide bonds. The van der Waals surface area contributed by atoms with Gasteiger partial charge in [-0.2, -0.15) is 0 Å². The summed E-state index contributed by atoms with van der Waals surface area (Å²) in [5, 5.41) is 1.41. The van der Waals surface area contributed by atoms with E-state index in [2.05, 4.69) is 29.6 Å². The van der Waals surface area contributed by atoms with Crippen molar-refractivity contribution in [3.05, 3.63) is 62.3 Å². The number of benzene rings is 1. The molecule has 4 heterocycles. The fraction of sp³-hybridized carbons (Fsp3) is 0.423. The molecule has 6 rings (SSSR count). The zero-order valence-corrected chi connectivity index (χ0v) is 24.9. The number of piperidine rings is 1. The van der Waals surface area contributed by atoms with Gasteiger partial charge in [-0.15, -0.1) is 16.1 Å². The number of halogens is 1. The van der Waals surface area contributed by atoms with E-state index in [4.69, 9.17) is 16.6 Å². The Kier molecular flexibility index (Phi) is 7.13. The molecule has 204 valence electrons. The first-order valence-corrected chi connectivity index (χ1v) is 15.9. The molecular formula is C26H28ClN7O2S3. The van der Waals surface area contributed by atoms with Gasteiger partial charge in [0.05, 0.1) is 45.9 Å². The normalized spacial score (nSPS) is 19.5. The number of aromatic nitrogens is 5. The molecule has 1 spiro atoms. The van der Waals surface area contributed by atoms with Gasteiger partial charge in [0.15, 0.2) is 0 Å². The summed E-state index contributed by atoms with van der Waals surface area (Å²) in [4.78, 5) is 37.3. The van der Waals surface area contributed by atoms with Gasteiger partial charge in [-0.05, 0) is 52.2 Å². The number of hydrogen-bond acceptors (Lipinski definition) is 10. The third-order valence-corrected chi connectivity index (χ3v) is 11.4. The van der Waals surface area contributed by atoms with Gasteiger partial charge in [0.1, 0.15) is 21.6 Å². The molecule has 1 saturated heterocycles. The number of thiazole rings is 1. The first-order chi connectivity index (χ1) is 18.6. The molecule has 2 aliphatic rings. The van der Waals surface area contributed by atoms with Crippen LogP contribution in [0.2, 0.25) is 5.02 Å². The zero-order valence-electron chi connectivity index (χ0n) is 21.7. The third kappa shape index (κ3) is 5.07. The first kappa shape index (κ1) is 27.0. The monoisotopic (exact) mass is 601 g/mol. The van der Waals surface area contributed by atoms with Crippen LogP contribution in [0.1, 0.15) is 50.2 Å². The highest BCUT2D eigenvalue weighted by molar-refractivity contribution is 7.99. The van der Waals surface area contributed by atoms with Gasteiger partial charge in [0.25, 0.3) is 5.56 Å². The van der Waals surface area contributed by atoms with Gasteiger partial charge in [0.2, 0.25) is 0 Å². The van der Waals surface area contributed by atoms with Gasteiger partial charge in [-0.1, -0.05) is 23.4 Å². The number of fused-ring (bicyclic) bond motifs is 2. The second kappa shape index (κ2) is 10.3. The van der Waals surface area contributed by atoms with Crippen LogP contribution in [0.25, 0.3) is 10.9 Å². The number of H-pyrrole nitrogens is 1. The predicted molar refractivity (Wildman–Crippen MR) is 157 cm³/mol. The molecule has 1 aliphatic carbocycles. The largest absolute Gasteiger partial charge is 0.598 e. The molecule has 3 aromatic heterocycles. The van der Waals surface area contributed by atoms with Crippen LogP contribution >= 0.6 is 34.7 Å². The molecule has 1 aromatic carbocycles. The minimum atomic E-state index is -1.18. The van der Waals surface area contributed by atoms with Crippen molar-refractivity contribution in [3.63, 3.8) is 0 Å². The molecule has 1 aliphatic heterocycles. The summed E-state index contributed by atoms with van der Waals surface area (Å²) < 4.78 is 16.2. The summed E-state index contributed by atoms with van der Waals surface area (Å²) >= 11 is 8.42. The standard InChI is InChI=1S/C26H28ClN7O2S3/c1-25(2,3)39(36)33-23-22-17(37-14-32-22)10-26(23)6-8-34(9-7-26)18-11-29-19(12-28-18)38-16-5-4-15-20(21(16)27)24(35)31-13-30-15/h4-5,11-14,23,33H,6-10H2,1-3H3,(H,30,31,35)/t23-,39?/m1/s1. The lowest BCUT2D eigenvalue weighted by atomic mass is 9.73. The molecule has 2 atom stereocenters. The number of hydrogen-bond donors (Lipinski definition) is 2. The zero-order chi connectivity index (χ0) is 27.4. The maximum absolute atomic E-state index is 13.0. The topological polar surface area (TPSA) is 123 Å². The van der Waals surface area contributed by atoms with Crippen molar-refractivity contribution in [2.75, 3.05) is 18.0 Å². The summed E-state index contributed by atoms with van der Waals surface area (Å²) in [5.41, 5.74) is 3.24. The highest BCUT2D eigenvalue weighted by Crippen LogP contribution is 2.53. The molecule has 4 aromatic rings. The van der Waals surface area contributed by atoms with Crippen molar-refractivity contribution in [2.45, 2.75) is 60.7 Å². The van der Waals surface area contributed by atoms with Crippen LogP contribution in [0.15, 0.2) is 51.1 Å². The van der Waals surface area contributed by atoms with Gasteiger partial charge in [-0.25, -0.2) is 19.9 Å². The average Bonchev–Trinajstić information content (AvgIpc) is 3.46. The molecule has 9 nitrogen and oxygen atoms in total. The minimum Gasteiger partial charge on any atom is -0.598 e. The van der Waals surface area contributed by atoms with E-state index in [-0.39, 0.29) is 21.8 Å². The number of nitrogens with one attached hydrogen (secondary N) is 2. The number of anilines is 1. The Morgan fingerprint density at radius 2 is 2.00 bits per heavy atom. The van der Waals surface area contributed by atoms with Crippen LogP contribution in [0, 0.1) is 5.41 Å². The van der Waals surface area contributed by atoms with Crippen LogP contribution < -0.4 is 15.2 Å². The van der Waals surface area contributed by atoms with Crippen molar-refractivity contribution in [1.29, 1.82) is 0 Å². The van der Waals surface area contributed by atoms with E-state index >= 15 is 0 Å². The first-order valence-electron chi connectivity index (χ1n) is 12.7. The van der Waals surface area contributed by atoms with E-state index in [0.717, 1.165) is 48.8 Å². The highest BCUT2D eigenvalue weighted by atomic mass is 35.5. The smallest absolute Gasteiger partial charge is 0.260 e. The Balaban J connectivity index is 1.15. The fourth-order valence-electron chi connectivity index (χ4n) is 5.29. The lowest BCUT2D eigenvalue weighted by molar-refractivity contribution is 0.174. The SMILES string of the molecule is CC(C)(C)[S+]([O-])N[C@@H]1c2ncsc2CC12CCN(c1cnc(Sc3ccc4nc[nH]c(=O)c4c3Cl)cn1)CC2. The van der Waals surface area contributed by atoms with E-state index < -0.39 is 11.4 Å². The molecule has 39 heavy (non-hydrogen) atoms. The Morgan fingerprint density at radius 3 is 2.72 bits per heavy atom. The number of aromatic amines is 1. The van der Waals surface area contributed by atoms with Crippen LogP contribution in [0.4, 0.5) is 5.82 Å². The van der Waals surface area contributed by atoms with Crippen molar-refractivity contribution in [3.8, 4) is 0 Å². The Hall–Kier alpha value is -2.22. The van der Waals surface area contributed by atoms with E-state index in [9.17, 15) is 9.35 Å². The van der Waals surface area contributed by atoms with Crippen molar-refractivity contribution >= 4 is 62.8 Å². The van der Waals surface area contributed by atoms with E-state index in [0.29, 0.717) is 21.0 Å². The Bertz CT molecular complexity index is 1560. The molecule has 0 radical (unpaired) electrons. The van der Waals surface area contributed by atoms with Gasteiger partial charge in [0, 0.05) is 39.6 Å². The molecule has 1 fully saturated rings. The minimum absolute atomic E-state index is 0.00437. The van der Waals surface area contributed by atoms with Crippen LogP contribution in [-0.2, 0) is 17.8 Å². The molecule has 2 N–H and O–H groups in total. The molecular weight excluding hydrogens is 574 g/mol. The van der Waals surface area contributed by atoms with E-state index in [1.807, 2.05) is 32.3 Å². The fourth-order valence-corrected chi connectivity index (χ4v) is 8.30. The van der Waals surface area contributed by atoms with Crippen LogP contribution in [0.3, 0.4) is 0 Å². The Morgan fingerprint density at radius 1 is 1.21 bits per heavy atom. The maximum atomic E-state index is 13.0. The van der Waals surface area contributed by atoms with Crippen molar-refractivity contribution < 1.29 is 4.55 Å². The van der Waals surface area contributed by atoms with E-state index in [1.54, 1.807) is 29.8 Å². The van der Waals surface area contributed by atoms with Crippen LogP contribution in [0.5, 0.6) is 0 Å². The lowest BCUT2D eigenvalue weighted by Crippen LogP contribution is -2.50. The molecule has 1 unspecified atom stereocenters. The maximum Gasteiger partial charge on any atom is 0.260 e. The van der Waals surface area contributed by atoms with E-state index in [1.165, 1.54) is 23.0 Å². The lowest BCUT2D eigenvalue weighted by Gasteiger charge is -2.43. The summed E-state index contributed by atoms with van der Waals surface area (Å²) in [6.45, 7) is 7.65. The van der Waals surface area contributed by atoms with Crippen molar-refractivity contribution in [2.24, 2.45) is 5.41 Å². The predicted octanol–water partition coefficient (Wildman–Crippen LogP) is 4.91. The number of rotatable bonds is 5. The second-order valence-corrected chi connectivity index (χ2v) is 15.3. The quantitative estimate of drug-likeness (QED) is 0.307. The highest BCUT2D eigenvalue weighted by Gasteiger charge is 2.52. The third-order valence-electron chi connectivity index (χ3n) is 7.48. The van der Waals surface area contributed by atoms with Crippen molar-refractivity contribution in [1.82, 2.24) is 29.6 Å². The average molecular weight is 602 g/mol. The second-order valence-electron chi connectivity index (χ2n) is 10.9. The molecule has 13 heteroatoms. The summed E-state index contributed by atoms with van der Waals surface area (Å²) in [6, 6.07) is 3.61. The summed E-state index contributed by atoms with van der Waals surface area (Å²) in [6.07, 6.45) is 7.76. The van der Waals surface area contributed by atoms with Crippen LogP contribution in [-0.4, -0.2) is 47.3 Å². The van der Waals surface area contributed by atoms with Gasteiger partial charge in [-0.3, -0.25) is 4.79 Å². The summed E-state index contributed by atoms with van der Waals surface area (Å²) in [5.74, 6) is 0.827. The number of nitrogens with zero attached hydrogens (tertiary/aromatic N) is 5. The summed E-state index contributed by atoms with van der Waals surface area (Å²) in [7, 11) is 0.